The van der Waals surface area contributed by atoms with Crippen molar-refractivity contribution in [1.82, 2.24) is 0 Å². The van der Waals surface area contributed by atoms with Gasteiger partial charge in [0.1, 0.15) is 0 Å². The van der Waals surface area contributed by atoms with Gasteiger partial charge in [-0.3, -0.25) is 4.79 Å². The molecule has 0 N–H and O–H groups in total. The molecule has 0 atom stereocenters. The molecule has 150 valence electrons. The van der Waals surface area contributed by atoms with Gasteiger partial charge in [0.25, 0.3) is 0 Å². The van der Waals surface area contributed by atoms with E-state index in [1.165, 1.54) is 36.0 Å². The maximum Gasteiger partial charge on any atom is 0.305 e. The summed E-state index contributed by atoms with van der Waals surface area (Å²) < 4.78 is 4.98. The Morgan fingerprint density at radius 3 is 2.79 bits per heavy atom. The summed E-state index contributed by atoms with van der Waals surface area (Å²) in [5.74, 6) is 6.45. The van der Waals surface area contributed by atoms with Gasteiger partial charge < -0.3 is 4.74 Å². The molecule has 0 aliphatic heterocycles. The van der Waals surface area contributed by atoms with Crippen LogP contribution < -0.4 is 0 Å². The van der Waals surface area contributed by atoms with Crippen LogP contribution in [0.2, 0.25) is 0 Å². The zero-order valence-corrected chi connectivity index (χ0v) is 17.9. The fourth-order valence-corrected chi connectivity index (χ4v) is 3.93. The van der Waals surface area contributed by atoms with Crippen molar-refractivity contribution in [3.8, 4) is 11.8 Å². The number of hydrogen-bond donors (Lipinski definition) is 0. The van der Waals surface area contributed by atoms with Gasteiger partial charge in [0.05, 0.1) is 6.61 Å². The normalized spacial score (nSPS) is 16.0. The summed E-state index contributed by atoms with van der Waals surface area (Å²) in [6.45, 7) is 9.20. The highest BCUT2D eigenvalue weighted by Crippen LogP contribution is 2.40. The Morgan fingerprint density at radius 2 is 2.04 bits per heavy atom. The number of allylic oxidation sites excluding steroid dienone is 4. The molecule has 0 aromatic heterocycles. The summed E-state index contributed by atoms with van der Waals surface area (Å²) >= 11 is 0. The Kier molecular flexibility index (Phi) is 8.58. The minimum atomic E-state index is -0.101. The molecule has 2 rings (SSSR count). The first kappa shape index (κ1) is 22.0. The van der Waals surface area contributed by atoms with Crippen LogP contribution in [-0.2, 0) is 16.0 Å². The van der Waals surface area contributed by atoms with Crippen molar-refractivity contribution in [2.75, 3.05) is 6.61 Å². The van der Waals surface area contributed by atoms with Crippen molar-refractivity contribution < 1.29 is 9.53 Å². The quantitative estimate of drug-likeness (QED) is 0.312. The number of esters is 1. The van der Waals surface area contributed by atoms with Crippen molar-refractivity contribution in [1.29, 1.82) is 0 Å². The van der Waals surface area contributed by atoms with Gasteiger partial charge in [-0.05, 0) is 81.1 Å². The highest BCUT2D eigenvalue weighted by molar-refractivity contribution is 5.69. The molecular formula is C26H34O2. The van der Waals surface area contributed by atoms with E-state index in [-0.39, 0.29) is 11.4 Å². The monoisotopic (exact) mass is 378 g/mol. The largest absolute Gasteiger partial charge is 0.466 e. The highest BCUT2D eigenvalue weighted by atomic mass is 16.5. The molecule has 0 spiro atoms. The molecule has 2 nitrogen and oxygen atoms in total. The van der Waals surface area contributed by atoms with E-state index in [1.54, 1.807) is 0 Å². The first-order valence-corrected chi connectivity index (χ1v) is 10.6. The maximum absolute atomic E-state index is 11.4. The van der Waals surface area contributed by atoms with Gasteiger partial charge in [-0.15, -0.1) is 0 Å². The molecule has 0 fully saturated rings. The van der Waals surface area contributed by atoms with Crippen LogP contribution in [0.1, 0.15) is 77.3 Å². The number of ether oxygens (including phenoxy) is 1. The fourth-order valence-electron chi connectivity index (χ4n) is 3.93. The molecule has 0 radical (unpaired) electrons. The predicted octanol–water partition coefficient (Wildman–Crippen LogP) is 6.40. The molecule has 0 saturated heterocycles. The molecule has 0 saturated carbocycles. The number of hydrogen-bond acceptors (Lipinski definition) is 2. The van der Waals surface area contributed by atoms with Gasteiger partial charge in [0, 0.05) is 12.0 Å². The Bertz CT molecular complexity index is 784. The van der Waals surface area contributed by atoms with Crippen LogP contribution in [0, 0.1) is 17.3 Å². The molecule has 1 aromatic rings. The second-order valence-corrected chi connectivity index (χ2v) is 8.20. The van der Waals surface area contributed by atoms with E-state index in [4.69, 9.17) is 4.74 Å². The number of aryl methyl sites for hydroxylation is 1. The van der Waals surface area contributed by atoms with Crippen molar-refractivity contribution in [3.05, 3.63) is 58.7 Å². The van der Waals surface area contributed by atoms with Gasteiger partial charge in [-0.1, -0.05) is 55.5 Å². The summed E-state index contributed by atoms with van der Waals surface area (Å²) in [6, 6.07) is 8.30. The smallest absolute Gasteiger partial charge is 0.305 e. The van der Waals surface area contributed by atoms with Crippen molar-refractivity contribution in [2.45, 2.75) is 72.6 Å². The maximum atomic E-state index is 11.4. The van der Waals surface area contributed by atoms with Gasteiger partial charge in [-0.25, -0.2) is 0 Å². The average molecular weight is 379 g/mol. The second kappa shape index (κ2) is 10.9. The van der Waals surface area contributed by atoms with E-state index in [9.17, 15) is 4.79 Å². The topological polar surface area (TPSA) is 26.3 Å². The van der Waals surface area contributed by atoms with E-state index in [0.717, 1.165) is 24.8 Å². The van der Waals surface area contributed by atoms with Crippen LogP contribution in [0.15, 0.2) is 47.6 Å². The van der Waals surface area contributed by atoms with Crippen molar-refractivity contribution in [3.63, 3.8) is 0 Å². The summed E-state index contributed by atoms with van der Waals surface area (Å²) in [4.78, 5) is 11.4. The van der Waals surface area contributed by atoms with E-state index in [0.29, 0.717) is 13.0 Å². The SMILES string of the molecule is CCOC(=O)CCCCc1ccccc1C#CC=CC1=C(C)CCCC1(C)C. The van der Waals surface area contributed by atoms with Gasteiger partial charge in [0.15, 0.2) is 0 Å². The standard InChI is InChI=1S/C26H34O2/c1-5-28-25(27)19-11-9-17-23-15-7-6-14-22(23)16-8-10-18-24-21(2)13-12-20-26(24,3)4/h6-7,10,14-15,18H,5,9,11-13,17,19-20H2,1-4H3. The molecule has 2 heteroatoms. The number of carbonyl (C=O) groups excluding carboxylic acids is 1. The van der Waals surface area contributed by atoms with Gasteiger partial charge >= 0.3 is 5.97 Å². The zero-order chi connectivity index (χ0) is 20.4. The summed E-state index contributed by atoms with van der Waals surface area (Å²) in [5.41, 5.74) is 5.52. The number of carbonyl (C=O) groups is 1. The molecular weight excluding hydrogens is 344 g/mol. The Morgan fingerprint density at radius 1 is 1.25 bits per heavy atom. The van der Waals surface area contributed by atoms with Crippen LogP contribution in [0.25, 0.3) is 0 Å². The van der Waals surface area contributed by atoms with Gasteiger partial charge in [-0.2, -0.15) is 0 Å². The van der Waals surface area contributed by atoms with E-state index >= 15 is 0 Å². The van der Waals surface area contributed by atoms with E-state index in [1.807, 2.05) is 19.1 Å². The molecule has 28 heavy (non-hydrogen) atoms. The third kappa shape index (κ3) is 6.71. The third-order valence-corrected chi connectivity index (χ3v) is 5.48. The van der Waals surface area contributed by atoms with Crippen LogP contribution in [-0.4, -0.2) is 12.6 Å². The summed E-state index contributed by atoms with van der Waals surface area (Å²) in [6.07, 6.45) is 11.2. The summed E-state index contributed by atoms with van der Waals surface area (Å²) in [5, 5.41) is 0. The van der Waals surface area contributed by atoms with Crippen LogP contribution in [0.5, 0.6) is 0 Å². The molecule has 0 bridgehead atoms. The molecule has 1 aliphatic rings. The minimum Gasteiger partial charge on any atom is -0.466 e. The fraction of sp³-hybridized carbons (Fsp3) is 0.500. The van der Waals surface area contributed by atoms with Crippen LogP contribution >= 0.6 is 0 Å². The Labute approximate surface area is 171 Å². The first-order valence-electron chi connectivity index (χ1n) is 10.6. The van der Waals surface area contributed by atoms with E-state index < -0.39 is 0 Å². The van der Waals surface area contributed by atoms with Crippen molar-refractivity contribution in [2.24, 2.45) is 5.41 Å². The lowest BCUT2D eigenvalue weighted by Gasteiger charge is -2.32. The van der Waals surface area contributed by atoms with E-state index in [2.05, 4.69) is 56.9 Å². The third-order valence-electron chi connectivity index (χ3n) is 5.48. The lowest BCUT2D eigenvalue weighted by Crippen LogP contribution is -2.18. The highest BCUT2D eigenvalue weighted by Gasteiger charge is 2.26. The van der Waals surface area contributed by atoms with Crippen molar-refractivity contribution >= 4 is 5.97 Å². The van der Waals surface area contributed by atoms with Crippen LogP contribution in [0.3, 0.4) is 0 Å². The Balaban J connectivity index is 1.97. The first-order chi connectivity index (χ1) is 13.4. The van der Waals surface area contributed by atoms with Crippen LogP contribution in [0.4, 0.5) is 0 Å². The molecule has 1 aromatic carbocycles. The lowest BCUT2D eigenvalue weighted by molar-refractivity contribution is -0.143. The average Bonchev–Trinajstić information content (AvgIpc) is 2.65. The second-order valence-electron chi connectivity index (χ2n) is 8.20. The predicted molar refractivity (Wildman–Crippen MR) is 117 cm³/mol. The summed E-state index contributed by atoms with van der Waals surface area (Å²) in [7, 11) is 0. The van der Waals surface area contributed by atoms with Gasteiger partial charge in [0.2, 0.25) is 0 Å². The minimum absolute atomic E-state index is 0.101. The molecule has 0 amide bonds. The zero-order valence-electron chi connectivity index (χ0n) is 17.9. The molecule has 0 heterocycles. The molecule has 1 aliphatic carbocycles. The Hall–Kier alpha value is -2.27. The number of benzene rings is 1. The number of unbranched alkanes of at least 4 members (excludes halogenated alkanes) is 1. The molecule has 0 unspecified atom stereocenters. The lowest BCUT2D eigenvalue weighted by atomic mass is 9.73. The number of rotatable bonds is 7.